The number of nitrogens with one attached hydrogen (secondary N) is 1. The van der Waals surface area contributed by atoms with E-state index in [1.165, 1.54) is 18.2 Å². The molecule has 6 nitrogen and oxygen atoms in total. The lowest BCUT2D eigenvalue weighted by atomic mass is 10.2. The molecule has 0 heterocycles. The first kappa shape index (κ1) is 19.8. The number of halogens is 3. The fourth-order valence-corrected chi connectivity index (χ4v) is 1.98. The fraction of sp³-hybridized carbons (Fsp3) is 0.167. The molecule has 140 valence electrons. The maximum atomic E-state index is 12.6. The number of rotatable bonds is 6. The predicted octanol–water partition coefficient (Wildman–Crippen LogP) is 3.14. The highest BCUT2D eigenvalue weighted by atomic mass is 19.4. The van der Waals surface area contributed by atoms with E-state index in [-0.39, 0.29) is 17.0 Å². The Morgan fingerprint density at radius 3 is 2.52 bits per heavy atom. The number of nitriles is 1. The third-order valence-corrected chi connectivity index (χ3v) is 3.19. The summed E-state index contributed by atoms with van der Waals surface area (Å²) in [6.07, 6.45) is -4.54. The highest BCUT2D eigenvalue weighted by Crippen LogP contribution is 2.30. The van der Waals surface area contributed by atoms with E-state index in [1.807, 2.05) is 6.07 Å². The summed E-state index contributed by atoms with van der Waals surface area (Å²) in [5.41, 5.74) is -0.764. The van der Waals surface area contributed by atoms with Crippen LogP contribution in [0.25, 0.3) is 0 Å². The number of ether oxygens (including phenoxy) is 2. The molecular weight excluding hydrogens is 365 g/mol. The van der Waals surface area contributed by atoms with Crippen molar-refractivity contribution in [2.75, 3.05) is 18.5 Å². The minimum absolute atomic E-state index is 0.0786. The van der Waals surface area contributed by atoms with Crippen LogP contribution in [0.15, 0.2) is 48.5 Å². The Kier molecular flexibility index (Phi) is 6.38. The second kappa shape index (κ2) is 8.71. The molecule has 0 aliphatic carbocycles. The zero-order valence-electron chi connectivity index (χ0n) is 13.7. The Morgan fingerprint density at radius 2 is 1.81 bits per heavy atom. The van der Waals surface area contributed by atoms with Crippen molar-refractivity contribution in [2.45, 2.75) is 6.18 Å². The van der Waals surface area contributed by atoms with Gasteiger partial charge in [-0.2, -0.15) is 18.4 Å². The van der Waals surface area contributed by atoms with Gasteiger partial charge in [0.1, 0.15) is 11.8 Å². The largest absolute Gasteiger partial charge is 0.481 e. The summed E-state index contributed by atoms with van der Waals surface area (Å²) in [6.45, 7) is -1.23. The molecule has 9 heteroatoms. The van der Waals surface area contributed by atoms with Gasteiger partial charge in [0.25, 0.3) is 5.91 Å². The summed E-state index contributed by atoms with van der Waals surface area (Å²) in [7, 11) is 0. The van der Waals surface area contributed by atoms with Gasteiger partial charge in [-0.3, -0.25) is 4.79 Å². The zero-order valence-corrected chi connectivity index (χ0v) is 13.7. The lowest BCUT2D eigenvalue weighted by molar-refractivity contribution is -0.149. The molecule has 1 N–H and O–H groups in total. The standard InChI is InChI=1S/C18H13F3N2O4/c19-18(20,21)13-5-3-6-14(8-13)23-16(24)10-27-17(25)11-26-15-7-2-1-4-12(15)9-22/h1-8H,10-11H2,(H,23,24). The van der Waals surface area contributed by atoms with Crippen LogP contribution in [0.1, 0.15) is 11.1 Å². The molecule has 0 aliphatic heterocycles. The monoisotopic (exact) mass is 378 g/mol. The van der Waals surface area contributed by atoms with Crippen molar-refractivity contribution in [1.29, 1.82) is 5.26 Å². The van der Waals surface area contributed by atoms with Crippen LogP contribution in [0.5, 0.6) is 5.75 Å². The molecule has 0 aliphatic rings. The molecule has 0 fully saturated rings. The number of esters is 1. The van der Waals surface area contributed by atoms with Crippen LogP contribution in [-0.4, -0.2) is 25.1 Å². The third kappa shape index (κ3) is 6.04. The quantitative estimate of drug-likeness (QED) is 0.780. The van der Waals surface area contributed by atoms with Gasteiger partial charge in [-0.1, -0.05) is 18.2 Å². The Hall–Kier alpha value is -3.54. The molecule has 0 saturated carbocycles. The minimum Gasteiger partial charge on any atom is -0.481 e. The average Bonchev–Trinajstić information content (AvgIpc) is 2.64. The van der Waals surface area contributed by atoms with Crippen molar-refractivity contribution in [3.05, 3.63) is 59.7 Å². The highest BCUT2D eigenvalue weighted by Gasteiger charge is 2.30. The van der Waals surface area contributed by atoms with Gasteiger partial charge in [0.2, 0.25) is 0 Å². The summed E-state index contributed by atoms with van der Waals surface area (Å²) in [5.74, 6) is -1.49. The van der Waals surface area contributed by atoms with Gasteiger partial charge < -0.3 is 14.8 Å². The SMILES string of the molecule is N#Cc1ccccc1OCC(=O)OCC(=O)Nc1cccc(C(F)(F)F)c1. The number of carbonyl (C=O) groups is 2. The van der Waals surface area contributed by atoms with Crippen molar-refractivity contribution in [3.8, 4) is 11.8 Å². The van der Waals surface area contributed by atoms with Crippen LogP contribution in [-0.2, 0) is 20.5 Å². The topological polar surface area (TPSA) is 88.4 Å². The Labute approximate surface area is 152 Å². The van der Waals surface area contributed by atoms with E-state index in [2.05, 4.69) is 10.1 Å². The van der Waals surface area contributed by atoms with E-state index in [0.717, 1.165) is 18.2 Å². The zero-order chi connectivity index (χ0) is 19.9. The van der Waals surface area contributed by atoms with Gasteiger partial charge >= 0.3 is 12.1 Å². The summed E-state index contributed by atoms with van der Waals surface area (Å²) < 4.78 is 47.7. The number of benzene rings is 2. The molecular formula is C18H13F3N2O4. The van der Waals surface area contributed by atoms with Gasteiger partial charge in [0, 0.05) is 5.69 Å². The maximum Gasteiger partial charge on any atom is 0.416 e. The molecule has 0 unspecified atom stereocenters. The molecule has 0 radical (unpaired) electrons. The Balaban J connectivity index is 1.82. The first-order chi connectivity index (χ1) is 12.8. The Morgan fingerprint density at radius 1 is 1.07 bits per heavy atom. The molecule has 0 bridgehead atoms. The minimum atomic E-state index is -4.54. The Bertz CT molecular complexity index is 875. The summed E-state index contributed by atoms with van der Waals surface area (Å²) in [6, 6.07) is 12.2. The molecule has 2 rings (SSSR count). The van der Waals surface area contributed by atoms with E-state index in [0.29, 0.717) is 0 Å². The van der Waals surface area contributed by atoms with E-state index in [9.17, 15) is 22.8 Å². The van der Waals surface area contributed by atoms with Gasteiger partial charge in [0.15, 0.2) is 13.2 Å². The molecule has 1 amide bonds. The molecule has 0 spiro atoms. The van der Waals surface area contributed by atoms with Crippen molar-refractivity contribution < 1.29 is 32.2 Å². The number of para-hydroxylation sites is 1. The van der Waals surface area contributed by atoms with Gasteiger partial charge in [0.05, 0.1) is 11.1 Å². The van der Waals surface area contributed by atoms with Gasteiger partial charge in [-0.15, -0.1) is 0 Å². The summed E-state index contributed by atoms with van der Waals surface area (Å²) >= 11 is 0. The van der Waals surface area contributed by atoms with E-state index < -0.39 is 36.8 Å². The fourth-order valence-electron chi connectivity index (χ4n) is 1.98. The van der Waals surface area contributed by atoms with Crippen LogP contribution in [0, 0.1) is 11.3 Å². The van der Waals surface area contributed by atoms with Gasteiger partial charge in [-0.25, -0.2) is 4.79 Å². The van der Waals surface area contributed by atoms with E-state index in [1.54, 1.807) is 12.1 Å². The number of nitrogens with zero attached hydrogens (tertiary/aromatic N) is 1. The molecule has 0 aromatic heterocycles. The normalized spacial score (nSPS) is 10.6. The lowest BCUT2D eigenvalue weighted by Gasteiger charge is -2.10. The maximum absolute atomic E-state index is 12.6. The van der Waals surface area contributed by atoms with E-state index >= 15 is 0 Å². The van der Waals surface area contributed by atoms with Crippen molar-refractivity contribution >= 4 is 17.6 Å². The smallest absolute Gasteiger partial charge is 0.416 e. The predicted molar refractivity (Wildman–Crippen MR) is 87.7 cm³/mol. The first-order valence-electron chi connectivity index (χ1n) is 7.54. The van der Waals surface area contributed by atoms with Crippen LogP contribution < -0.4 is 10.1 Å². The summed E-state index contributed by atoms with van der Waals surface area (Å²) in [5, 5.41) is 11.1. The third-order valence-electron chi connectivity index (χ3n) is 3.19. The first-order valence-corrected chi connectivity index (χ1v) is 7.54. The van der Waals surface area contributed by atoms with E-state index in [4.69, 9.17) is 10.00 Å². The highest BCUT2D eigenvalue weighted by molar-refractivity contribution is 5.92. The average molecular weight is 378 g/mol. The van der Waals surface area contributed by atoms with Crippen molar-refractivity contribution in [3.63, 3.8) is 0 Å². The molecule has 2 aromatic rings. The number of hydrogen-bond acceptors (Lipinski definition) is 5. The van der Waals surface area contributed by atoms with Crippen LogP contribution in [0.3, 0.4) is 0 Å². The molecule has 0 saturated heterocycles. The number of carbonyl (C=O) groups excluding carboxylic acids is 2. The number of hydrogen-bond donors (Lipinski definition) is 1. The lowest BCUT2D eigenvalue weighted by Crippen LogP contribution is -2.24. The van der Waals surface area contributed by atoms with Gasteiger partial charge in [-0.05, 0) is 30.3 Å². The van der Waals surface area contributed by atoms with Crippen molar-refractivity contribution in [2.24, 2.45) is 0 Å². The van der Waals surface area contributed by atoms with Crippen LogP contribution >= 0.6 is 0 Å². The second-order valence-electron chi connectivity index (χ2n) is 5.18. The number of amides is 1. The number of anilines is 1. The number of alkyl halides is 3. The summed E-state index contributed by atoms with van der Waals surface area (Å²) in [4.78, 5) is 23.3. The van der Waals surface area contributed by atoms with Crippen LogP contribution in [0.4, 0.5) is 18.9 Å². The molecule has 27 heavy (non-hydrogen) atoms. The van der Waals surface area contributed by atoms with Crippen molar-refractivity contribution in [1.82, 2.24) is 0 Å². The molecule has 0 atom stereocenters. The van der Waals surface area contributed by atoms with Crippen LogP contribution in [0.2, 0.25) is 0 Å². The second-order valence-corrected chi connectivity index (χ2v) is 5.18. The molecule has 2 aromatic carbocycles.